The molecule has 0 fully saturated rings. The van der Waals surface area contributed by atoms with Crippen molar-refractivity contribution in [1.82, 2.24) is 15.3 Å². The molecule has 0 unspecified atom stereocenters. The van der Waals surface area contributed by atoms with Crippen LogP contribution in [0.2, 0.25) is 5.02 Å². The Hall–Kier alpha value is -3.17. The lowest BCUT2D eigenvalue weighted by Crippen LogP contribution is -2.34. The average molecular weight is 477 g/mol. The molecular weight excluding hydrogens is 462 g/mol. The molecule has 2 aromatic carbocycles. The molecule has 8 nitrogen and oxygen atoms in total. The second-order valence-corrected chi connectivity index (χ2v) is 6.96. The van der Waals surface area contributed by atoms with Crippen LogP contribution in [0.25, 0.3) is 0 Å². The van der Waals surface area contributed by atoms with Gasteiger partial charge in [0, 0.05) is 30.8 Å². The average Bonchev–Trinajstić information content (AvgIpc) is 2.71. The molecule has 3 aromatic rings. The first-order valence-electron chi connectivity index (χ1n) is 8.30. The minimum atomic E-state index is -0.693. The number of nitrogens with zero attached hydrogens (tertiary/aromatic N) is 2. The predicted molar refractivity (Wildman–Crippen MR) is 114 cm³/mol. The number of carbonyl (C=O) groups excluding carboxylic acids is 2. The minimum Gasteiger partial charge on any atom is -0.423 e. The summed E-state index contributed by atoms with van der Waals surface area (Å²) in [5.41, 5.74) is 1.34. The molecule has 148 valence electrons. The highest BCUT2D eigenvalue weighted by molar-refractivity contribution is 9.10. The van der Waals surface area contributed by atoms with Crippen molar-refractivity contribution in [1.29, 1.82) is 0 Å². The van der Waals surface area contributed by atoms with Crippen molar-refractivity contribution < 1.29 is 14.3 Å². The molecule has 1 aromatic heterocycles. The van der Waals surface area contributed by atoms with Gasteiger partial charge in [-0.3, -0.25) is 10.1 Å². The Morgan fingerprint density at radius 3 is 2.52 bits per heavy atom. The van der Waals surface area contributed by atoms with E-state index in [4.69, 9.17) is 16.3 Å². The second kappa shape index (κ2) is 9.35. The molecule has 0 spiro atoms. The van der Waals surface area contributed by atoms with Gasteiger partial charge in [-0.15, -0.1) is 0 Å². The summed E-state index contributed by atoms with van der Waals surface area (Å²) in [6.07, 6.45) is 3.08. The Balaban J connectivity index is 1.64. The number of rotatable bonds is 5. The Morgan fingerprint density at radius 1 is 1.10 bits per heavy atom. The molecule has 0 bridgehead atoms. The molecule has 0 radical (unpaired) electrons. The molecule has 10 heteroatoms. The molecule has 1 heterocycles. The lowest BCUT2D eigenvalue weighted by atomic mass is 10.1. The Kier molecular flexibility index (Phi) is 6.63. The maximum atomic E-state index is 12.3. The third kappa shape index (κ3) is 5.43. The number of nitrogens with one attached hydrogen (secondary N) is 3. The smallest absolute Gasteiger partial charge is 0.326 e. The lowest BCUT2D eigenvalue weighted by Gasteiger charge is -2.11. The van der Waals surface area contributed by atoms with Gasteiger partial charge >= 0.3 is 12.0 Å². The van der Waals surface area contributed by atoms with Crippen LogP contribution in [0.15, 0.2) is 59.3 Å². The van der Waals surface area contributed by atoms with E-state index in [0.29, 0.717) is 27.2 Å². The second-order valence-electron chi connectivity index (χ2n) is 5.63. The van der Waals surface area contributed by atoms with Crippen LogP contribution in [0.1, 0.15) is 10.4 Å². The summed E-state index contributed by atoms with van der Waals surface area (Å²) in [6.45, 7) is 0. The van der Waals surface area contributed by atoms with Gasteiger partial charge < -0.3 is 15.4 Å². The van der Waals surface area contributed by atoms with E-state index in [1.54, 1.807) is 55.8 Å². The fourth-order valence-electron chi connectivity index (χ4n) is 2.34. The van der Waals surface area contributed by atoms with E-state index in [0.717, 1.165) is 0 Å². The van der Waals surface area contributed by atoms with Gasteiger partial charge in [-0.2, -0.15) is 0 Å². The van der Waals surface area contributed by atoms with Gasteiger partial charge in [-0.25, -0.2) is 14.8 Å². The summed E-state index contributed by atoms with van der Waals surface area (Å²) in [6, 6.07) is 10.9. The number of carbonyl (C=O) groups is 2. The zero-order valence-corrected chi connectivity index (χ0v) is 17.4. The number of amides is 3. The van der Waals surface area contributed by atoms with Crippen LogP contribution in [0.5, 0.6) is 11.8 Å². The number of halogens is 2. The fraction of sp³-hybridized carbons (Fsp3) is 0.0526. The maximum absolute atomic E-state index is 12.3. The number of para-hydroxylation sites is 1. The number of anilines is 2. The van der Waals surface area contributed by atoms with Crippen molar-refractivity contribution in [2.24, 2.45) is 0 Å². The van der Waals surface area contributed by atoms with Crippen molar-refractivity contribution in [2.45, 2.75) is 0 Å². The summed E-state index contributed by atoms with van der Waals surface area (Å²) in [5.74, 6) is -0.218. The Labute approximate surface area is 179 Å². The summed E-state index contributed by atoms with van der Waals surface area (Å²) in [7, 11) is 1.69. The molecule has 3 rings (SSSR count). The van der Waals surface area contributed by atoms with Gasteiger partial charge in [0.2, 0.25) is 0 Å². The molecular formula is C19H15BrClN5O3. The van der Waals surface area contributed by atoms with E-state index in [1.807, 2.05) is 0 Å². The first-order valence-corrected chi connectivity index (χ1v) is 9.47. The van der Waals surface area contributed by atoms with Crippen LogP contribution in [0, 0.1) is 0 Å². The van der Waals surface area contributed by atoms with Crippen molar-refractivity contribution in [3.05, 3.63) is 69.9 Å². The van der Waals surface area contributed by atoms with Gasteiger partial charge in [-0.1, -0.05) is 23.7 Å². The van der Waals surface area contributed by atoms with Crippen molar-refractivity contribution >= 4 is 50.8 Å². The normalized spacial score (nSPS) is 10.2. The summed E-state index contributed by atoms with van der Waals surface area (Å²) in [5, 5.41) is 7.96. The number of hydrogen-bond acceptors (Lipinski definition) is 6. The van der Waals surface area contributed by atoms with E-state index >= 15 is 0 Å². The zero-order chi connectivity index (χ0) is 20.8. The topological polar surface area (TPSA) is 105 Å². The number of imide groups is 1. The predicted octanol–water partition coefficient (Wildman–Crippen LogP) is 4.69. The third-order valence-electron chi connectivity index (χ3n) is 3.66. The highest BCUT2D eigenvalue weighted by atomic mass is 79.9. The highest BCUT2D eigenvalue weighted by Gasteiger charge is 2.14. The molecule has 0 saturated heterocycles. The molecule has 0 aliphatic rings. The van der Waals surface area contributed by atoms with Crippen LogP contribution < -0.4 is 20.7 Å². The fourth-order valence-corrected chi connectivity index (χ4v) is 2.77. The van der Waals surface area contributed by atoms with E-state index in [9.17, 15) is 9.59 Å². The quantitative estimate of drug-likeness (QED) is 0.493. The molecule has 0 saturated carbocycles. The maximum Gasteiger partial charge on any atom is 0.326 e. The van der Waals surface area contributed by atoms with Gasteiger partial charge in [0.05, 0.1) is 15.1 Å². The number of aromatic nitrogens is 2. The number of hydrogen-bond donors (Lipinski definition) is 3. The summed E-state index contributed by atoms with van der Waals surface area (Å²) in [4.78, 5) is 32.5. The van der Waals surface area contributed by atoms with Crippen LogP contribution in [-0.4, -0.2) is 29.0 Å². The lowest BCUT2D eigenvalue weighted by molar-refractivity contribution is 0.0968. The van der Waals surface area contributed by atoms with Crippen LogP contribution >= 0.6 is 27.5 Å². The van der Waals surface area contributed by atoms with Crippen LogP contribution in [0.4, 0.5) is 16.2 Å². The molecule has 0 atom stereocenters. The molecule has 3 N–H and O–H groups in total. The summed E-state index contributed by atoms with van der Waals surface area (Å²) >= 11 is 9.44. The highest BCUT2D eigenvalue weighted by Crippen LogP contribution is 2.30. The van der Waals surface area contributed by atoms with E-state index in [2.05, 4.69) is 41.8 Å². The van der Waals surface area contributed by atoms with Gasteiger partial charge in [0.25, 0.3) is 5.91 Å². The monoisotopic (exact) mass is 475 g/mol. The first-order chi connectivity index (χ1) is 14.0. The van der Waals surface area contributed by atoms with Crippen molar-refractivity contribution in [3.8, 4) is 11.8 Å². The van der Waals surface area contributed by atoms with Crippen LogP contribution in [0.3, 0.4) is 0 Å². The van der Waals surface area contributed by atoms with Crippen molar-refractivity contribution in [2.75, 3.05) is 17.7 Å². The van der Waals surface area contributed by atoms with E-state index < -0.39 is 11.9 Å². The Morgan fingerprint density at radius 2 is 1.83 bits per heavy atom. The number of ether oxygens (including phenoxy) is 1. The SMILES string of the molecule is CNc1ccccc1C(=O)NC(=O)Nc1ccc(Oc2ncc(Br)cn2)c(Cl)c1. The van der Waals surface area contributed by atoms with E-state index in [1.165, 1.54) is 6.07 Å². The number of urea groups is 1. The third-order valence-corrected chi connectivity index (χ3v) is 4.36. The first kappa shape index (κ1) is 20.6. The molecule has 0 aliphatic carbocycles. The standard InChI is InChI=1S/C19H15BrClN5O3/c1-22-15-5-3-2-4-13(15)17(27)26-18(28)25-12-6-7-16(14(21)8-12)29-19-23-9-11(20)10-24-19/h2-10,22H,1H3,(H2,25,26,27,28). The molecule has 3 amide bonds. The minimum absolute atomic E-state index is 0.127. The van der Waals surface area contributed by atoms with Crippen LogP contribution in [-0.2, 0) is 0 Å². The summed E-state index contributed by atoms with van der Waals surface area (Å²) < 4.78 is 6.22. The molecule has 0 aliphatic heterocycles. The van der Waals surface area contributed by atoms with Gasteiger partial charge in [-0.05, 0) is 46.3 Å². The largest absolute Gasteiger partial charge is 0.423 e. The van der Waals surface area contributed by atoms with Crippen molar-refractivity contribution in [3.63, 3.8) is 0 Å². The van der Waals surface area contributed by atoms with Gasteiger partial charge in [0.15, 0.2) is 0 Å². The zero-order valence-electron chi connectivity index (χ0n) is 15.1. The molecule has 29 heavy (non-hydrogen) atoms. The van der Waals surface area contributed by atoms with Gasteiger partial charge in [0.1, 0.15) is 5.75 Å². The number of benzene rings is 2. The Bertz CT molecular complexity index is 1050. The van der Waals surface area contributed by atoms with E-state index in [-0.39, 0.29) is 11.0 Å².